The van der Waals surface area contributed by atoms with Crippen molar-refractivity contribution in [1.82, 2.24) is 10.6 Å². The number of rotatable bonds is 12. The Kier molecular flexibility index (Phi) is 16.7. The Hall–Kier alpha value is -5.71. The summed E-state index contributed by atoms with van der Waals surface area (Å²) in [7, 11) is 0. The molecule has 0 saturated heterocycles. The maximum atomic E-state index is 12.2. The Balaban J connectivity index is 0.000000304. The number of carbonyl (C=O) groups is 5. The molecule has 4 rings (SSSR count). The summed E-state index contributed by atoms with van der Waals surface area (Å²) in [5, 5.41) is 5.17. The Morgan fingerprint density at radius 3 is 1.09 bits per heavy atom. The lowest BCUT2D eigenvalue weighted by Gasteiger charge is -2.17. The lowest BCUT2D eigenvalue weighted by Crippen LogP contribution is -2.43. The molecule has 0 aliphatic rings. The third-order valence-electron chi connectivity index (χ3n) is 6.21. The van der Waals surface area contributed by atoms with E-state index in [1.54, 1.807) is 60.7 Å². The molecule has 240 valence electrons. The summed E-state index contributed by atoms with van der Waals surface area (Å²) in [5.41, 5.74) is 2.54. The number of hydrogen-bond donors (Lipinski definition) is 2. The molecule has 0 fully saturated rings. The Bertz CT molecular complexity index is 1370. The van der Waals surface area contributed by atoms with Crippen LogP contribution < -0.4 is 10.6 Å². The zero-order chi connectivity index (χ0) is 33.6. The molecule has 2 amide bonds. The molecule has 4 aromatic rings. The zero-order valence-corrected chi connectivity index (χ0v) is 24.9. The topological polar surface area (TPSA) is 128 Å². The number of amides is 2. The van der Waals surface area contributed by atoms with Crippen molar-refractivity contribution < 1.29 is 42.2 Å². The van der Waals surface area contributed by atoms with E-state index in [4.69, 9.17) is 4.79 Å². The summed E-state index contributed by atoms with van der Waals surface area (Å²) in [6, 6.07) is 33.4. The fourth-order valence-corrected chi connectivity index (χ4v) is 4.06. The van der Waals surface area contributed by atoms with Crippen LogP contribution in [0.4, 0.5) is 8.78 Å². The highest BCUT2D eigenvalue weighted by Gasteiger charge is 2.24. The van der Waals surface area contributed by atoms with Crippen LogP contribution >= 0.6 is 0 Å². The van der Waals surface area contributed by atoms with Gasteiger partial charge in [-0.15, -0.1) is 0 Å². The number of nitrogens with one attached hydrogen (secondary N) is 2. The molecule has 9 nitrogen and oxygen atoms in total. The SMILES string of the molecule is C=O.O=C(N[C@@H](Cc1ccccc1)C(=O)OCF)c1ccccc1.O=C(N[C@@H](Cc1ccccc1)C(=O)OCF)c1ccccc1. The van der Waals surface area contributed by atoms with E-state index in [-0.39, 0.29) is 12.8 Å². The molecule has 0 aliphatic heterocycles. The van der Waals surface area contributed by atoms with Gasteiger partial charge >= 0.3 is 11.9 Å². The summed E-state index contributed by atoms with van der Waals surface area (Å²) < 4.78 is 33.3. The van der Waals surface area contributed by atoms with E-state index in [1.165, 1.54) is 0 Å². The zero-order valence-electron chi connectivity index (χ0n) is 24.9. The molecule has 4 aromatic carbocycles. The van der Waals surface area contributed by atoms with Crippen molar-refractivity contribution in [3.63, 3.8) is 0 Å². The Labute approximate surface area is 265 Å². The summed E-state index contributed by atoms with van der Waals surface area (Å²) in [5.74, 6) is -2.40. The highest BCUT2D eigenvalue weighted by Crippen LogP contribution is 2.08. The van der Waals surface area contributed by atoms with E-state index in [0.29, 0.717) is 11.1 Å². The van der Waals surface area contributed by atoms with Crippen molar-refractivity contribution in [1.29, 1.82) is 0 Å². The first-order valence-electron chi connectivity index (χ1n) is 13.9. The fourth-order valence-electron chi connectivity index (χ4n) is 4.06. The molecule has 0 bridgehead atoms. The summed E-state index contributed by atoms with van der Waals surface area (Å²) in [4.78, 5) is 56.0. The molecule has 2 atom stereocenters. The monoisotopic (exact) mass is 632 g/mol. The molecule has 0 radical (unpaired) electrons. The average molecular weight is 633 g/mol. The number of carbonyl (C=O) groups excluding carboxylic acids is 5. The number of halogens is 2. The Morgan fingerprint density at radius 1 is 0.522 bits per heavy atom. The van der Waals surface area contributed by atoms with Gasteiger partial charge in [0.15, 0.2) is 0 Å². The van der Waals surface area contributed by atoms with Crippen LogP contribution in [0.3, 0.4) is 0 Å². The van der Waals surface area contributed by atoms with Crippen LogP contribution in [0.5, 0.6) is 0 Å². The van der Waals surface area contributed by atoms with Crippen LogP contribution in [0.15, 0.2) is 121 Å². The second-order valence-electron chi connectivity index (χ2n) is 9.31. The fraction of sp³-hybridized carbons (Fsp3) is 0.171. The third kappa shape index (κ3) is 12.9. The number of hydrogen-bond acceptors (Lipinski definition) is 7. The highest BCUT2D eigenvalue weighted by molar-refractivity contribution is 5.97. The van der Waals surface area contributed by atoms with Gasteiger partial charge in [0, 0.05) is 24.0 Å². The van der Waals surface area contributed by atoms with Crippen molar-refractivity contribution in [3.8, 4) is 0 Å². The minimum Gasteiger partial charge on any atom is -0.432 e. The van der Waals surface area contributed by atoms with E-state index in [1.807, 2.05) is 67.5 Å². The van der Waals surface area contributed by atoms with Gasteiger partial charge in [-0.05, 0) is 35.4 Å². The molecule has 0 aliphatic carbocycles. The molecule has 0 unspecified atom stereocenters. The number of ether oxygens (including phenoxy) is 2. The minimum atomic E-state index is -1.22. The van der Waals surface area contributed by atoms with Crippen LogP contribution in [0, 0.1) is 0 Å². The summed E-state index contributed by atoms with van der Waals surface area (Å²) in [6.07, 6.45) is 0.469. The predicted octanol–water partition coefficient (Wildman–Crippen LogP) is 4.81. The van der Waals surface area contributed by atoms with Crippen molar-refractivity contribution in [2.45, 2.75) is 24.9 Å². The number of benzene rings is 4. The van der Waals surface area contributed by atoms with E-state index >= 15 is 0 Å². The molecule has 11 heteroatoms. The van der Waals surface area contributed by atoms with Crippen molar-refractivity contribution in [3.05, 3.63) is 144 Å². The predicted molar refractivity (Wildman–Crippen MR) is 167 cm³/mol. The number of alkyl halides is 2. The quantitative estimate of drug-likeness (QED) is 0.215. The molecular formula is C35H34F2N2O7. The molecule has 0 saturated carbocycles. The molecule has 46 heavy (non-hydrogen) atoms. The van der Waals surface area contributed by atoms with Gasteiger partial charge in [-0.2, -0.15) is 0 Å². The average Bonchev–Trinajstić information content (AvgIpc) is 3.10. The molecule has 0 spiro atoms. The van der Waals surface area contributed by atoms with Crippen LogP contribution in [0.2, 0.25) is 0 Å². The molecule has 2 N–H and O–H groups in total. The highest BCUT2D eigenvalue weighted by atomic mass is 19.1. The van der Waals surface area contributed by atoms with Gasteiger partial charge in [-0.1, -0.05) is 97.1 Å². The molecular weight excluding hydrogens is 598 g/mol. The minimum absolute atomic E-state index is 0.234. The van der Waals surface area contributed by atoms with Gasteiger partial charge in [-0.25, -0.2) is 18.4 Å². The maximum Gasteiger partial charge on any atom is 0.331 e. The van der Waals surface area contributed by atoms with E-state index in [9.17, 15) is 28.0 Å². The first-order chi connectivity index (χ1) is 22.4. The van der Waals surface area contributed by atoms with Crippen molar-refractivity contribution in [2.24, 2.45) is 0 Å². The summed E-state index contributed by atoms with van der Waals surface area (Å²) >= 11 is 0. The van der Waals surface area contributed by atoms with Gasteiger partial charge in [0.25, 0.3) is 11.8 Å². The molecule has 0 heterocycles. The second-order valence-corrected chi connectivity index (χ2v) is 9.31. The van der Waals surface area contributed by atoms with Crippen molar-refractivity contribution >= 4 is 30.5 Å². The van der Waals surface area contributed by atoms with Gasteiger partial charge in [0.2, 0.25) is 13.7 Å². The smallest absolute Gasteiger partial charge is 0.331 e. The standard InChI is InChI=1S/2C17H16FNO3.CH2O/c2*18-12-22-17(21)15(11-13-7-3-1-4-8-13)19-16(20)14-9-5-2-6-10-14;1-2/h2*1-10,15H,11-12H2,(H,19,20);1H2/t2*15-;/m00./s1. The first kappa shape index (κ1) is 36.5. The van der Waals surface area contributed by atoms with E-state index in [0.717, 1.165) is 11.1 Å². The van der Waals surface area contributed by atoms with Crippen LogP contribution in [-0.2, 0) is 36.7 Å². The van der Waals surface area contributed by atoms with Crippen LogP contribution in [-0.4, -0.2) is 56.3 Å². The third-order valence-corrected chi connectivity index (χ3v) is 6.21. The van der Waals surface area contributed by atoms with Crippen LogP contribution in [0.1, 0.15) is 31.8 Å². The largest absolute Gasteiger partial charge is 0.432 e. The van der Waals surface area contributed by atoms with Gasteiger partial charge < -0.3 is 24.9 Å². The van der Waals surface area contributed by atoms with Crippen LogP contribution in [0.25, 0.3) is 0 Å². The maximum absolute atomic E-state index is 12.2. The van der Waals surface area contributed by atoms with E-state index < -0.39 is 49.6 Å². The van der Waals surface area contributed by atoms with E-state index in [2.05, 4.69) is 20.1 Å². The number of esters is 2. The van der Waals surface area contributed by atoms with Gasteiger partial charge in [0.05, 0.1) is 0 Å². The Morgan fingerprint density at radius 2 is 0.804 bits per heavy atom. The lowest BCUT2D eigenvalue weighted by atomic mass is 10.1. The second kappa shape index (κ2) is 21.1. The summed E-state index contributed by atoms with van der Waals surface area (Å²) in [6.45, 7) is -0.434. The molecule has 0 aromatic heterocycles. The lowest BCUT2D eigenvalue weighted by molar-refractivity contribution is -0.150. The van der Waals surface area contributed by atoms with Gasteiger partial charge in [0.1, 0.15) is 18.9 Å². The normalized spacial score (nSPS) is 11.1. The first-order valence-corrected chi connectivity index (χ1v) is 13.9. The van der Waals surface area contributed by atoms with Gasteiger partial charge in [-0.3, -0.25) is 9.59 Å². The van der Waals surface area contributed by atoms with Crippen molar-refractivity contribution in [2.75, 3.05) is 13.7 Å².